The molecular weight excluding hydrogens is 272 g/mol. The molecule has 0 aliphatic carbocycles. The summed E-state index contributed by atoms with van der Waals surface area (Å²) in [5.41, 5.74) is 4.81. The van der Waals surface area contributed by atoms with Crippen LogP contribution in [0.25, 0.3) is 0 Å². The second-order valence-corrected chi connectivity index (χ2v) is 6.70. The first-order valence-corrected chi connectivity index (χ1v) is 7.97. The number of sulfone groups is 1. The van der Waals surface area contributed by atoms with E-state index in [4.69, 9.17) is 0 Å². The third kappa shape index (κ3) is 2.44. The number of rotatable bonds is 3. The lowest BCUT2D eigenvalue weighted by atomic mass is 10.0. The van der Waals surface area contributed by atoms with E-state index in [0.717, 1.165) is 11.1 Å². The Kier molecular flexibility index (Phi) is 3.28. The monoisotopic (exact) mass is 286 g/mol. The molecule has 0 amide bonds. The summed E-state index contributed by atoms with van der Waals surface area (Å²) in [6, 6.07) is 15.9. The van der Waals surface area contributed by atoms with Gasteiger partial charge in [-0.15, -0.1) is 0 Å². The summed E-state index contributed by atoms with van der Waals surface area (Å²) >= 11 is 0. The zero-order valence-electron chi connectivity index (χ0n) is 10.7. The molecule has 0 unspecified atom stereocenters. The molecule has 0 saturated heterocycles. The molecule has 102 valence electrons. The molecular formula is C15H14N2O2S. The summed E-state index contributed by atoms with van der Waals surface area (Å²) in [5.74, 6) is -0.00856. The fourth-order valence-corrected chi connectivity index (χ4v) is 3.74. The van der Waals surface area contributed by atoms with Gasteiger partial charge in [-0.05, 0) is 23.3 Å². The van der Waals surface area contributed by atoms with Crippen LogP contribution in [-0.4, -0.2) is 20.4 Å². The molecule has 0 bridgehead atoms. The third-order valence-corrected chi connectivity index (χ3v) is 5.06. The minimum atomic E-state index is -3.34. The maximum Gasteiger partial charge on any atom is 0.180 e. The van der Waals surface area contributed by atoms with Crippen LogP contribution < -0.4 is 5.43 Å². The summed E-state index contributed by atoms with van der Waals surface area (Å²) in [4.78, 5) is 0.342. The maximum absolute atomic E-state index is 12.4. The van der Waals surface area contributed by atoms with Crippen LogP contribution in [0.1, 0.15) is 17.2 Å². The van der Waals surface area contributed by atoms with Gasteiger partial charge in [0.05, 0.1) is 22.9 Å². The summed E-state index contributed by atoms with van der Waals surface area (Å²) in [7, 11) is -3.34. The molecule has 1 aliphatic heterocycles. The van der Waals surface area contributed by atoms with Crippen LogP contribution in [0.5, 0.6) is 0 Å². The second kappa shape index (κ2) is 5.09. The van der Waals surface area contributed by atoms with E-state index in [1.807, 2.05) is 24.3 Å². The van der Waals surface area contributed by atoms with Gasteiger partial charge < -0.3 is 5.43 Å². The maximum atomic E-state index is 12.4. The SMILES string of the molecule is O=S(=O)(C[C@H]1NN=Cc2ccccc21)c1ccccc1. The molecule has 5 heteroatoms. The molecule has 2 aromatic carbocycles. The first kappa shape index (κ1) is 12.9. The standard InChI is InChI=1S/C15H14N2O2S/c18-20(19,13-7-2-1-3-8-13)11-15-14-9-5-4-6-12(14)10-16-17-15/h1-10,15,17H,11H2/t15-/m1/s1. The van der Waals surface area contributed by atoms with Crippen LogP contribution in [0.2, 0.25) is 0 Å². The number of hydrogen-bond acceptors (Lipinski definition) is 4. The van der Waals surface area contributed by atoms with Crippen molar-refractivity contribution in [3.8, 4) is 0 Å². The fourth-order valence-electron chi connectivity index (χ4n) is 2.28. The van der Waals surface area contributed by atoms with Gasteiger partial charge >= 0.3 is 0 Å². The Labute approximate surface area is 118 Å². The number of fused-ring (bicyclic) bond motifs is 1. The lowest BCUT2D eigenvalue weighted by Gasteiger charge is -2.22. The number of nitrogens with one attached hydrogen (secondary N) is 1. The first-order chi connectivity index (χ1) is 9.67. The van der Waals surface area contributed by atoms with Crippen LogP contribution in [-0.2, 0) is 9.84 Å². The Morgan fingerprint density at radius 2 is 1.70 bits per heavy atom. The van der Waals surface area contributed by atoms with Gasteiger partial charge in [0.15, 0.2) is 9.84 Å². The minimum absolute atomic E-state index is 0.00856. The molecule has 2 aromatic rings. The Morgan fingerprint density at radius 1 is 1.00 bits per heavy atom. The van der Waals surface area contributed by atoms with Crippen LogP contribution in [0.4, 0.5) is 0 Å². The van der Waals surface area contributed by atoms with Crippen molar-refractivity contribution < 1.29 is 8.42 Å². The van der Waals surface area contributed by atoms with Crippen LogP contribution in [0.3, 0.4) is 0 Å². The average molecular weight is 286 g/mol. The van der Waals surface area contributed by atoms with E-state index in [2.05, 4.69) is 10.5 Å². The number of hydrogen-bond donors (Lipinski definition) is 1. The molecule has 0 radical (unpaired) electrons. The van der Waals surface area contributed by atoms with Crippen molar-refractivity contribution >= 4 is 16.1 Å². The van der Waals surface area contributed by atoms with Crippen LogP contribution in [0, 0.1) is 0 Å². The zero-order chi connectivity index (χ0) is 14.0. The highest BCUT2D eigenvalue weighted by atomic mass is 32.2. The highest BCUT2D eigenvalue weighted by Gasteiger charge is 2.25. The molecule has 1 heterocycles. The molecule has 20 heavy (non-hydrogen) atoms. The van der Waals surface area contributed by atoms with Crippen molar-refractivity contribution in [1.29, 1.82) is 0 Å². The van der Waals surface area contributed by atoms with Crippen molar-refractivity contribution in [1.82, 2.24) is 5.43 Å². The Morgan fingerprint density at radius 3 is 2.50 bits per heavy atom. The van der Waals surface area contributed by atoms with Crippen LogP contribution >= 0.6 is 0 Å². The second-order valence-electron chi connectivity index (χ2n) is 4.66. The molecule has 1 aliphatic rings. The number of hydrazone groups is 1. The lowest BCUT2D eigenvalue weighted by molar-refractivity contribution is 0.558. The average Bonchev–Trinajstić information content (AvgIpc) is 2.48. The summed E-state index contributed by atoms with van der Waals surface area (Å²) < 4.78 is 24.8. The molecule has 4 nitrogen and oxygen atoms in total. The topological polar surface area (TPSA) is 58.5 Å². The van der Waals surface area contributed by atoms with E-state index in [1.54, 1.807) is 36.5 Å². The first-order valence-electron chi connectivity index (χ1n) is 6.32. The highest BCUT2D eigenvalue weighted by molar-refractivity contribution is 7.91. The summed E-state index contributed by atoms with van der Waals surface area (Å²) in [6.07, 6.45) is 1.71. The van der Waals surface area contributed by atoms with Gasteiger partial charge in [-0.1, -0.05) is 42.5 Å². The van der Waals surface area contributed by atoms with Crippen molar-refractivity contribution in [2.24, 2.45) is 5.10 Å². The van der Waals surface area contributed by atoms with E-state index in [0.29, 0.717) is 4.90 Å². The van der Waals surface area contributed by atoms with E-state index in [1.165, 1.54) is 0 Å². The minimum Gasteiger partial charge on any atom is -0.301 e. The smallest absolute Gasteiger partial charge is 0.180 e. The van der Waals surface area contributed by atoms with Gasteiger partial charge in [-0.3, -0.25) is 0 Å². The highest BCUT2D eigenvalue weighted by Crippen LogP contribution is 2.24. The zero-order valence-corrected chi connectivity index (χ0v) is 11.5. The van der Waals surface area contributed by atoms with Gasteiger partial charge in [-0.2, -0.15) is 5.10 Å². The fraction of sp³-hybridized carbons (Fsp3) is 0.133. The molecule has 3 rings (SSSR count). The Balaban J connectivity index is 1.91. The predicted octanol–water partition coefficient (Wildman–Crippen LogP) is 2.14. The molecule has 0 spiro atoms. The lowest BCUT2D eigenvalue weighted by Crippen LogP contribution is -2.28. The molecule has 0 aromatic heterocycles. The summed E-state index contributed by atoms with van der Waals surface area (Å²) in [6.45, 7) is 0. The van der Waals surface area contributed by atoms with E-state index < -0.39 is 9.84 Å². The van der Waals surface area contributed by atoms with E-state index in [9.17, 15) is 8.42 Å². The number of nitrogens with zero attached hydrogens (tertiary/aromatic N) is 1. The van der Waals surface area contributed by atoms with Crippen molar-refractivity contribution in [2.75, 3.05) is 5.75 Å². The van der Waals surface area contributed by atoms with E-state index >= 15 is 0 Å². The molecule has 0 fully saturated rings. The Hall–Kier alpha value is -2.14. The van der Waals surface area contributed by atoms with Gasteiger partial charge in [0, 0.05) is 0 Å². The Bertz CT molecular complexity index is 739. The molecule has 1 atom stereocenters. The van der Waals surface area contributed by atoms with Crippen molar-refractivity contribution in [3.05, 3.63) is 65.7 Å². The van der Waals surface area contributed by atoms with Gasteiger partial charge in [-0.25, -0.2) is 8.42 Å². The predicted molar refractivity (Wildman–Crippen MR) is 78.4 cm³/mol. The largest absolute Gasteiger partial charge is 0.301 e. The molecule has 0 saturated carbocycles. The van der Waals surface area contributed by atoms with Crippen molar-refractivity contribution in [3.63, 3.8) is 0 Å². The molecule has 1 N–H and O–H groups in total. The van der Waals surface area contributed by atoms with Gasteiger partial charge in [0.25, 0.3) is 0 Å². The summed E-state index contributed by atoms with van der Waals surface area (Å²) in [5, 5.41) is 4.04. The van der Waals surface area contributed by atoms with Gasteiger partial charge in [0.1, 0.15) is 0 Å². The van der Waals surface area contributed by atoms with Crippen LogP contribution in [0.15, 0.2) is 64.6 Å². The normalized spacial score (nSPS) is 17.3. The van der Waals surface area contributed by atoms with Gasteiger partial charge in [0.2, 0.25) is 0 Å². The van der Waals surface area contributed by atoms with Crippen molar-refractivity contribution in [2.45, 2.75) is 10.9 Å². The number of benzene rings is 2. The van der Waals surface area contributed by atoms with E-state index in [-0.39, 0.29) is 11.8 Å². The quantitative estimate of drug-likeness (QED) is 0.940. The third-order valence-electron chi connectivity index (χ3n) is 3.29.